The van der Waals surface area contributed by atoms with Gasteiger partial charge in [0, 0.05) is 19.6 Å². The third-order valence-corrected chi connectivity index (χ3v) is 3.73. The lowest BCUT2D eigenvalue weighted by atomic mass is 10.1. The maximum atomic E-state index is 6.29. The van der Waals surface area contributed by atoms with Gasteiger partial charge in [-0.25, -0.2) is 4.98 Å². The van der Waals surface area contributed by atoms with E-state index in [2.05, 4.69) is 36.0 Å². The van der Waals surface area contributed by atoms with Crippen molar-refractivity contribution >= 4 is 34.8 Å². The molecule has 1 atom stereocenters. The molecule has 108 valence electrons. The SMILES string of the molecule is CCNc1nc(N(CC)CC(C)CC)c(Cl)cc1Cl. The van der Waals surface area contributed by atoms with Crippen LogP contribution in [-0.4, -0.2) is 24.6 Å². The summed E-state index contributed by atoms with van der Waals surface area (Å²) >= 11 is 12.4. The number of pyridine rings is 1. The third kappa shape index (κ3) is 4.43. The first-order valence-corrected chi connectivity index (χ1v) is 7.63. The second kappa shape index (κ2) is 7.81. The van der Waals surface area contributed by atoms with Gasteiger partial charge in [0.1, 0.15) is 11.6 Å². The summed E-state index contributed by atoms with van der Waals surface area (Å²) in [4.78, 5) is 6.77. The lowest BCUT2D eigenvalue weighted by Crippen LogP contribution is -2.29. The normalized spacial score (nSPS) is 12.3. The Kier molecular flexibility index (Phi) is 6.73. The van der Waals surface area contributed by atoms with Crippen molar-refractivity contribution in [3.8, 4) is 0 Å². The van der Waals surface area contributed by atoms with Gasteiger partial charge < -0.3 is 10.2 Å². The van der Waals surface area contributed by atoms with E-state index in [4.69, 9.17) is 23.2 Å². The van der Waals surface area contributed by atoms with E-state index >= 15 is 0 Å². The molecule has 3 nitrogen and oxygen atoms in total. The summed E-state index contributed by atoms with van der Waals surface area (Å²) in [6.45, 7) is 11.2. The van der Waals surface area contributed by atoms with Crippen LogP contribution in [0, 0.1) is 5.92 Å². The Morgan fingerprint density at radius 2 is 1.95 bits per heavy atom. The molecular formula is C14H23Cl2N3. The van der Waals surface area contributed by atoms with E-state index in [-0.39, 0.29) is 0 Å². The zero-order valence-electron chi connectivity index (χ0n) is 12.1. The molecule has 1 N–H and O–H groups in total. The Morgan fingerprint density at radius 3 is 2.47 bits per heavy atom. The molecule has 0 aliphatic rings. The predicted octanol–water partition coefficient (Wildman–Crippen LogP) is 4.69. The molecule has 0 radical (unpaired) electrons. The molecule has 1 aromatic heterocycles. The van der Waals surface area contributed by atoms with E-state index in [0.29, 0.717) is 21.8 Å². The highest BCUT2D eigenvalue weighted by molar-refractivity contribution is 6.37. The monoisotopic (exact) mass is 303 g/mol. The van der Waals surface area contributed by atoms with Gasteiger partial charge in [0.15, 0.2) is 0 Å². The van der Waals surface area contributed by atoms with Crippen LogP contribution >= 0.6 is 23.2 Å². The number of nitrogens with one attached hydrogen (secondary N) is 1. The molecule has 0 spiro atoms. The topological polar surface area (TPSA) is 28.2 Å². The molecule has 0 fully saturated rings. The zero-order chi connectivity index (χ0) is 14.4. The summed E-state index contributed by atoms with van der Waals surface area (Å²) in [6.07, 6.45) is 1.14. The smallest absolute Gasteiger partial charge is 0.149 e. The van der Waals surface area contributed by atoms with Gasteiger partial charge in [-0.1, -0.05) is 43.5 Å². The van der Waals surface area contributed by atoms with Crippen LogP contribution < -0.4 is 10.2 Å². The second-order valence-electron chi connectivity index (χ2n) is 4.71. The van der Waals surface area contributed by atoms with E-state index in [0.717, 1.165) is 31.9 Å². The average molecular weight is 304 g/mol. The van der Waals surface area contributed by atoms with Gasteiger partial charge in [-0.2, -0.15) is 0 Å². The summed E-state index contributed by atoms with van der Waals surface area (Å²) in [6, 6.07) is 1.77. The molecule has 0 saturated carbocycles. The Bertz CT molecular complexity index is 410. The zero-order valence-corrected chi connectivity index (χ0v) is 13.6. The second-order valence-corrected chi connectivity index (χ2v) is 5.52. The fourth-order valence-corrected chi connectivity index (χ4v) is 2.39. The lowest BCUT2D eigenvalue weighted by molar-refractivity contribution is 0.545. The minimum atomic E-state index is 0.565. The first-order chi connectivity index (χ1) is 9.03. The highest BCUT2D eigenvalue weighted by Crippen LogP contribution is 2.31. The van der Waals surface area contributed by atoms with E-state index in [1.165, 1.54) is 0 Å². The summed E-state index contributed by atoms with van der Waals surface area (Å²) < 4.78 is 0. The van der Waals surface area contributed by atoms with Crippen LogP contribution in [0.1, 0.15) is 34.1 Å². The number of hydrogen-bond donors (Lipinski definition) is 1. The van der Waals surface area contributed by atoms with Gasteiger partial charge >= 0.3 is 0 Å². The molecule has 5 heteroatoms. The van der Waals surface area contributed by atoms with E-state index in [1.54, 1.807) is 6.07 Å². The third-order valence-electron chi connectivity index (χ3n) is 3.17. The van der Waals surface area contributed by atoms with Crippen molar-refractivity contribution in [3.63, 3.8) is 0 Å². The molecule has 19 heavy (non-hydrogen) atoms. The van der Waals surface area contributed by atoms with Crippen molar-refractivity contribution < 1.29 is 0 Å². The molecular weight excluding hydrogens is 281 g/mol. The molecule has 0 aromatic carbocycles. The van der Waals surface area contributed by atoms with Crippen LogP contribution in [0.15, 0.2) is 6.07 Å². The average Bonchev–Trinajstić information content (AvgIpc) is 2.39. The standard InChI is InChI=1S/C14H23Cl2N3/c1-5-10(4)9-19(7-3)14-12(16)8-11(15)13(18-14)17-6-2/h8,10H,5-7,9H2,1-4H3,(H,17,18). The first kappa shape index (κ1) is 16.4. The minimum absolute atomic E-state index is 0.565. The van der Waals surface area contributed by atoms with Gasteiger partial charge in [0.2, 0.25) is 0 Å². The number of nitrogens with zero attached hydrogens (tertiary/aromatic N) is 2. The summed E-state index contributed by atoms with van der Waals surface area (Å²) in [7, 11) is 0. The molecule has 1 unspecified atom stereocenters. The fraction of sp³-hybridized carbons (Fsp3) is 0.643. The quantitative estimate of drug-likeness (QED) is 0.792. The summed E-state index contributed by atoms with van der Waals surface area (Å²) in [5, 5.41) is 4.33. The van der Waals surface area contributed by atoms with Crippen molar-refractivity contribution in [3.05, 3.63) is 16.1 Å². The first-order valence-electron chi connectivity index (χ1n) is 6.88. The fourth-order valence-electron chi connectivity index (χ4n) is 1.84. The van der Waals surface area contributed by atoms with Gasteiger partial charge in [0.05, 0.1) is 10.0 Å². The van der Waals surface area contributed by atoms with Crippen LogP contribution in [-0.2, 0) is 0 Å². The van der Waals surface area contributed by atoms with Gasteiger partial charge in [0.25, 0.3) is 0 Å². The van der Waals surface area contributed by atoms with Crippen LogP contribution in [0.2, 0.25) is 10.0 Å². The largest absolute Gasteiger partial charge is 0.369 e. The van der Waals surface area contributed by atoms with E-state index in [1.807, 2.05) is 6.92 Å². The molecule has 0 aliphatic heterocycles. The molecule has 0 aliphatic carbocycles. The van der Waals surface area contributed by atoms with Crippen LogP contribution in [0.3, 0.4) is 0 Å². The lowest BCUT2D eigenvalue weighted by Gasteiger charge is -2.26. The molecule has 1 heterocycles. The highest BCUT2D eigenvalue weighted by Gasteiger charge is 2.16. The van der Waals surface area contributed by atoms with Crippen LogP contribution in [0.4, 0.5) is 11.6 Å². The Balaban J connectivity index is 3.05. The minimum Gasteiger partial charge on any atom is -0.369 e. The summed E-state index contributed by atoms with van der Waals surface area (Å²) in [5.74, 6) is 2.12. The molecule has 0 amide bonds. The van der Waals surface area contributed by atoms with Crippen molar-refractivity contribution in [1.29, 1.82) is 0 Å². The van der Waals surface area contributed by atoms with Crippen molar-refractivity contribution in [2.45, 2.75) is 34.1 Å². The van der Waals surface area contributed by atoms with Gasteiger partial charge in [-0.3, -0.25) is 0 Å². The van der Waals surface area contributed by atoms with Crippen LogP contribution in [0.25, 0.3) is 0 Å². The maximum absolute atomic E-state index is 6.29. The van der Waals surface area contributed by atoms with Crippen molar-refractivity contribution in [2.24, 2.45) is 5.92 Å². The summed E-state index contributed by atoms with van der Waals surface area (Å²) in [5.41, 5.74) is 0. The van der Waals surface area contributed by atoms with Crippen molar-refractivity contribution in [1.82, 2.24) is 4.98 Å². The van der Waals surface area contributed by atoms with Gasteiger partial charge in [-0.15, -0.1) is 0 Å². The molecule has 0 saturated heterocycles. The van der Waals surface area contributed by atoms with Crippen LogP contribution in [0.5, 0.6) is 0 Å². The Hall–Kier alpha value is -0.670. The number of halogens is 2. The van der Waals surface area contributed by atoms with Crippen molar-refractivity contribution in [2.75, 3.05) is 29.9 Å². The number of aromatic nitrogens is 1. The number of rotatable bonds is 7. The van der Waals surface area contributed by atoms with E-state index < -0.39 is 0 Å². The molecule has 0 bridgehead atoms. The number of hydrogen-bond acceptors (Lipinski definition) is 3. The Morgan fingerprint density at radius 1 is 1.26 bits per heavy atom. The maximum Gasteiger partial charge on any atom is 0.149 e. The molecule has 1 rings (SSSR count). The molecule has 1 aromatic rings. The van der Waals surface area contributed by atoms with Gasteiger partial charge in [-0.05, 0) is 25.8 Å². The predicted molar refractivity (Wildman–Crippen MR) is 85.8 cm³/mol. The highest BCUT2D eigenvalue weighted by atomic mass is 35.5. The number of anilines is 2. The Labute approximate surface area is 126 Å². The van der Waals surface area contributed by atoms with E-state index in [9.17, 15) is 0 Å².